The van der Waals surface area contributed by atoms with Crippen molar-refractivity contribution in [3.63, 3.8) is 0 Å². The Kier molecular flexibility index (Phi) is 4.41. The Morgan fingerprint density at radius 3 is 2.84 bits per heavy atom. The highest BCUT2D eigenvalue weighted by atomic mass is 19.1. The Balaban J connectivity index is 2.28. The Morgan fingerprint density at radius 1 is 1.32 bits per heavy atom. The number of benzene rings is 1. The van der Waals surface area contributed by atoms with Crippen LogP contribution in [0.1, 0.15) is 12.7 Å². The van der Waals surface area contributed by atoms with Crippen molar-refractivity contribution in [2.45, 2.75) is 13.5 Å². The Morgan fingerprint density at radius 2 is 2.16 bits per heavy atom. The van der Waals surface area contributed by atoms with Crippen molar-refractivity contribution in [3.8, 4) is 17.0 Å². The molecular formula is C14H16FN3O. The van der Waals surface area contributed by atoms with Gasteiger partial charge in [0.05, 0.1) is 19.3 Å². The van der Waals surface area contributed by atoms with Crippen LogP contribution in [-0.2, 0) is 6.54 Å². The number of hydrogen-bond donors (Lipinski definition) is 1. The van der Waals surface area contributed by atoms with Gasteiger partial charge in [0.15, 0.2) is 11.6 Å². The van der Waals surface area contributed by atoms with Crippen LogP contribution in [0.3, 0.4) is 0 Å². The molecule has 0 unspecified atom stereocenters. The van der Waals surface area contributed by atoms with Crippen molar-refractivity contribution in [3.05, 3.63) is 42.1 Å². The standard InChI is InChI=1S/C14H16FN3O/c1-3-16-9-14-17-7-6-12(18-14)10-4-5-13(19-2)11(15)8-10/h4-8,16H,3,9H2,1-2H3. The SMILES string of the molecule is CCNCc1nccc(-c2ccc(OC)c(F)c2)n1. The van der Waals surface area contributed by atoms with Crippen molar-refractivity contribution < 1.29 is 9.13 Å². The van der Waals surface area contributed by atoms with Crippen molar-refractivity contribution in [1.82, 2.24) is 15.3 Å². The van der Waals surface area contributed by atoms with E-state index in [0.29, 0.717) is 23.6 Å². The summed E-state index contributed by atoms with van der Waals surface area (Å²) in [6, 6.07) is 6.55. The molecule has 1 aromatic heterocycles. The van der Waals surface area contributed by atoms with Gasteiger partial charge in [-0.05, 0) is 30.8 Å². The third kappa shape index (κ3) is 3.26. The van der Waals surface area contributed by atoms with E-state index < -0.39 is 5.82 Å². The average Bonchev–Trinajstić information content (AvgIpc) is 2.45. The minimum absolute atomic E-state index is 0.227. The van der Waals surface area contributed by atoms with Gasteiger partial charge >= 0.3 is 0 Å². The van der Waals surface area contributed by atoms with Crippen LogP contribution >= 0.6 is 0 Å². The Hall–Kier alpha value is -2.01. The van der Waals surface area contributed by atoms with Crippen molar-refractivity contribution in [2.24, 2.45) is 0 Å². The predicted octanol–water partition coefficient (Wildman–Crippen LogP) is 2.40. The van der Waals surface area contributed by atoms with Gasteiger partial charge in [0, 0.05) is 11.8 Å². The molecule has 1 N–H and O–H groups in total. The second-order valence-corrected chi connectivity index (χ2v) is 3.99. The maximum atomic E-state index is 13.7. The van der Waals surface area contributed by atoms with E-state index in [4.69, 9.17) is 4.74 Å². The first-order valence-electron chi connectivity index (χ1n) is 6.11. The molecule has 2 rings (SSSR count). The molecule has 19 heavy (non-hydrogen) atoms. The fourth-order valence-corrected chi connectivity index (χ4v) is 1.71. The third-order valence-electron chi connectivity index (χ3n) is 2.69. The highest BCUT2D eigenvalue weighted by Crippen LogP contribution is 2.23. The van der Waals surface area contributed by atoms with Gasteiger partial charge in [-0.3, -0.25) is 0 Å². The molecule has 1 aromatic carbocycles. The molecule has 0 amide bonds. The summed E-state index contributed by atoms with van der Waals surface area (Å²) in [6.45, 7) is 3.47. The number of ether oxygens (including phenoxy) is 1. The maximum Gasteiger partial charge on any atom is 0.165 e. The fourth-order valence-electron chi connectivity index (χ4n) is 1.71. The normalized spacial score (nSPS) is 10.5. The molecule has 4 nitrogen and oxygen atoms in total. The van der Waals surface area contributed by atoms with Crippen LogP contribution in [-0.4, -0.2) is 23.6 Å². The van der Waals surface area contributed by atoms with Crippen molar-refractivity contribution in [2.75, 3.05) is 13.7 Å². The van der Waals surface area contributed by atoms with Gasteiger partial charge < -0.3 is 10.1 Å². The molecule has 100 valence electrons. The zero-order valence-corrected chi connectivity index (χ0v) is 11.0. The summed E-state index contributed by atoms with van der Waals surface area (Å²) in [7, 11) is 1.44. The molecule has 0 bridgehead atoms. The van der Waals surface area contributed by atoms with E-state index in [1.165, 1.54) is 13.2 Å². The lowest BCUT2D eigenvalue weighted by atomic mass is 10.1. The average molecular weight is 261 g/mol. The number of nitrogens with one attached hydrogen (secondary N) is 1. The lowest BCUT2D eigenvalue weighted by Gasteiger charge is -2.06. The summed E-state index contributed by atoms with van der Waals surface area (Å²) >= 11 is 0. The Bertz CT molecular complexity index is 560. The fraction of sp³-hybridized carbons (Fsp3) is 0.286. The second-order valence-electron chi connectivity index (χ2n) is 3.99. The topological polar surface area (TPSA) is 47.0 Å². The van der Waals surface area contributed by atoms with E-state index >= 15 is 0 Å². The lowest BCUT2D eigenvalue weighted by Crippen LogP contribution is -2.14. The molecule has 0 fully saturated rings. The molecule has 0 aliphatic heterocycles. The van der Waals surface area contributed by atoms with Crippen LogP contribution in [0, 0.1) is 5.82 Å². The number of halogens is 1. The first-order valence-corrected chi connectivity index (χ1v) is 6.11. The third-order valence-corrected chi connectivity index (χ3v) is 2.69. The minimum atomic E-state index is -0.396. The smallest absolute Gasteiger partial charge is 0.165 e. The van der Waals surface area contributed by atoms with Gasteiger partial charge in [-0.25, -0.2) is 14.4 Å². The number of nitrogens with zero attached hydrogens (tertiary/aromatic N) is 2. The molecular weight excluding hydrogens is 245 g/mol. The van der Waals surface area contributed by atoms with Crippen LogP contribution in [0.4, 0.5) is 4.39 Å². The summed E-state index contributed by atoms with van der Waals surface area (Å²) in [5, 5.41) is 3.15. The molecule has 0 radical (unpaired) electrons. The van der Waals surface area contributed by atoms with Crippen LogP contribution in [0.25, 0.3) is 11.3 Å². The predicted molar refractivity (Wildman–Crippen MR) is 71.4 cm³/mol. The Labute approximate surface area is 111 Å². The largest absolute Gasteiger partial charge is 0.494 e. The first kappa shape index (κ1) is 13.4. The van der Waals surface area contributed by atoms with Gasteiger partial charge in [-0.1, -0.05) is 6.92 Å². The summed E-state index contributed by atoms with van der Waals surface area (Å²) in [5.41, 5.74) is 1.41. The van der Waals surface area contributed by atoms with Crippen LogP contribution in [0.15, 0.2) is 30.5 Å². The molecule has 0 aliphatic rings. The number of hydrogen-bond acceptors (Lipinski definition) is 4. The number of aromatic nitrogens is 2. The van der Waals surface area contributed by atoms with E-state index in [1.807, 2.05) is 6.92 Å². The molecule has 5 heteroatoms. The van der Waals surface area contributed by atoms with Gasteiger partial charge in [0.2, 0.25) is 0 Å². The van der Waals surface area contributed by atoms with Gasteiger partial charge in [0.1, 0.15) is 5.82 Å². The summed E-state index contributed by atoms with van der Waals surface area (Å²) < 4.78 is 18.6. The zero-order chi connectivity index (χ0) is 13.7. The van der Waals surface area contributed by atoms with E-state index in [0.717, 1.165) is 6.54 Å². The molecule has 0 aliphatic carbocycles. The number of rotatable bonds is 5. The van der Waals surface area contributed by atoms with E-state index in [1.54, 1.807) is 24.4 Å². The molecule has 1 heterocycles. The van der Waals surface area contributed by atoms with Crippen LogP contribution < -0.4 is 10.1 Å². The zero-order valence-electron chi connectivity index (χ0n) is 11.0. The first-order chi connectivity index (χ1) is 9.24. The van der Waals surface area contributed by atoms with Gasteiger partial charge in [0.25, 0.3) is 0 Å². The minimum Gasteiger partial charge on any atom is -0.494 e. The van der Waals surface area contributed by atoms with Crippen molar-refractivity contribution >= 4 is 0 Å². The van der Waals surface area contributed by atoms with E-state index in [2.05, 4.69) is 15.3 Å². The molecule has 0 atom stereocenters. The summed E-state index contributed by atoms with van der Waals surface area (Å²) in [5.74, 6) is 0.521. The molecule has 0 saturated heterocycles. The quantitative estimate of drug-likeness (QED) is 0.897. The summed E-state index contributed by atoms with van der Waals surface area (Å²) in [4.78, 5) is 8.56. The molecule has 2 aromatic rings. The van der Waals surface area contributed by atoms with Crippen LogP contribution in [0.2, 0.25) is 0 Å². The highest BCUT2D eigenvalue weighted by Gasteiger charge is 2.07. The number of methoxy groups -OCH3 is 1. The monoisotopic (exact) mass is 261 g/mol. The lowest BCUT2D eigenvalue weighted by molar-refractivity contribution is 0.386. The van der Waals surface area contributed by atoms with Crippen LogP contribution in [0.5, 0.6) is 5.75 Å². The molecule has 0 saturated carbocycles. The highest BCUT2D eigenvalue weighted by molar-refractivity contribution is 5.60. The van der Waals surface area contributed by atoms with E-state index in [-0.39, 0.29) is 5.75 Å². The van der Waals surface area contributed by atoms with Crippen molar-refractivity contribution in [1.29, 1.82) is 0 Å². The van der Waals surface area contributed by atoms with Gasteiger partial charge in [-0.15, -0.1) is 0 Å². The van der Waals surface area contributed by atoms with Gasteiger partial charge in [-0.2, -0.15) is 0 Å². The second kappa shape index (κ2) is 6.24. The van der Waals surface area contributed by atoms with E-state index in [9.17, 15) is 4.39 Å². The maximum absolute atomic E-state index is 13.7. The molecule has 0 spiro atoms. The summed E-state index contributed by atoms with van der Waals surface area (Å²) in [6.07, 6.45) is 1.68.